The van der Waals surface area contributed by atoms with Crippen molar-refractivity contribution in [2.75, 3.05) is 11.6 Å². The Balaban J connectivity index is 1.90. The second-order valence-corrected chi connectivity index (χ2v) is 7.95. The highest BCUT2D eigenvalue weighted by atomic mass is 35.5. The van der Waals surface area contributed by atoms with E-state index in [-0.39, 0.29) is 38.6 Å². The van der Waals surface area contributed by atoms with Crippen LogP contribution in [0.5, 0.6) is 0 Å². The number of benzene rings is 2. The molecule has 3 aromatic rings. The molecule has 0 unspecified atom stereocenters. The van der Waals surface area contributed by atoms with Crippen LogP contribution in [-0.4, -0.2) is 35.7 Å². The summed E-state index contributed by atoms with van der Waals surface area (Å²) < 4.78 is 29.1. The van der Waals surface area contributed by atoms with Crippen LogP contribution in [0, 0.1) is 10.1 Å². The van der Waals surface area contributed by atoms with E-state index in [0.29, 0.717) is 0 Å². The Morgan fingerprint density at radius 3 is 2.61 bits per heavy atom. The van der Waals surface area contributed by atoms with E-state index in [1.54, 1.807) is 12.1 Å². The van der Waals surface area contributed by atoms with Crippen LogP contribution in [0.3, 0.4) is 0 Å². The maximum Gasteiger partial charge on any atom is 0.322 e. The minimum atomic E-state index is -3.55. The summed E-state index contributed by atoms with van der Waals surface area (Å²) in [7, 11) is -3.55. The minimum Gasteiger partial charge on any atom is -0.403 e. The summed E-state index contributed by atoms with van der Waals surface area (Å²) in [5.74, 6) is -0.929. The Morgan fingerprint density at radius 1 is 1.21 bits per heavy atom. The van der Waals surface area contributed by atoms with Crippen molar-refractivity contribution in [3.63, 3.8) is 0 Å². The molecule has 0 saturated heterocycles. The fourth-order valence-electron chi connectivity index (χ4n) is 2.31. The zero-order valence-electron chi connectivity index (χ0n) is 14.1. The highest BCUT2D eigenvalue weighted by Crippen LogP contribution is 2.28. The smallest absolute Gasteiger partial charge is 0.322 e. The zero-order chi connectivity index (χ0) is 20.5. The van der Waals surface area contributed by atoms with Gasteiger partial charge >= 0.3 is 6.01 Å². The SMILES string of the molecule is CS(=O)(=O)c1ccccc1-c1nnc(NC(=O)c2cc([N+](=O)[O-])ccc2Cl)o1. The normalized spacial score (nSPS) is 11.2. The van der Waals surface area contributed by atoms with E-state index in [0.717, 1.165) is 18.4 Å². The van der Waals surface area contributed by atoms with Crippen molar-refractivity contribution < 1.29 is 22.6 Å². The fourth-order valence-corrected chi connectivity index (χ4v) is 3.40. The van der Waals surface area contributed by atoms with Crippen molar-refractivity contribution in [3.8, 4) is 11.5 Å². The number of sulfone groups is 1. The topological polar surface area (TPSA) is 145 Å². The number of halogens is 1. The molecule has 0 atom stereocenters. The van der Waals surface area contributed by atoms with Crippen molar-refractivity contribution in [1.82, 2.24) is 10.2 Å². The zero-order valence-corrected chi connectivity index (χ0v) is 15.7. The van der Waals surface area contributed by atoms with E-state index in [1.807, 2.05) is 0 Å². The van der Waals surface area contributed by atoms with Crippen molar-refractivity contribution in [2.45, 2.75) is 4.90 Å². The molecule has 0 aliphatic carbocycles. The van der Waals surface area contributed by atoms with Crippen molar-refractivity contribution >= 4 is 39.0 Å². The molecule has 2 aromatic carbocycles. The molecule has 0 aliphatic heterocycles. The molecule has 12 heteroatoms. The Labute approximate surface area is 163 Å². The first-order chi connectivity index (χ1) is 13.2. The summed E-state index contributed by atoms with van der Waals surface area (Å²) in [6.45, 7) is 0. The van der Waals surface area contributed by atoms with E-state index in [4.69, 9.17) is 16.0 Å². The van der Waals surface area contributed by atoms with E-state index >= 15 is 0 Å². The van der Waals surface area contributed by atoms with Crippen LogP contribution in [0.1, 0.15) is 10.4 Å². The lowest BCUT2D eigenvalue weighted by atomic mass is 10.2. The number of amides is 1. The maximum atomic E-state index is 12.3. The Morgan fingerprint density at radius 2 is 1.93 bits per heavy atom. The molecule has 1 N–H and O–H groups in total. The lowest BCUT2D eigenvalue weighted by molar-refractivity contribution is -0.384. The molecule has 1 heterocycles. The van der Waals surface area contributed by atoms with Gasteiger partial charge in [0, 0.05) is 18.4 Å². The number of nitro benzene ring substituents is 1. The van der Waals surface area contributed by atoms with Crippen LogP contribution in [0.25, 0.3) is 11.5 Å². The van der Waals surface area contributed by atoms with Gasteiger partial charge in [-0.05, 0) is 18.2 Å². The molecule has 0 aliphatic rings. The summed E-state index contributed by atoms with van der Waals surface area (Å²) in [6.07, 6.45) is 1.04. The van der Waals surface area contributed by atoms with E-state index in [9.17, 15) is 23.3 Å². The van der Waals surface area contributed by atoms with Gasteiger partial charge in [-0.1, -0.05) is 28.8 Å². The summed E-state index contributed by atoms with van der Waals surface area (Å²) in [4.78, 5) is 22.5. The van der Waals surface area contributed by atoms with E-state index in [1.165, 1.54) is 18.2 Å². The summed E-state index contributed by atoms with van der Waals surface area (Å²) in [5.41, 5.74) is -0.304. The third kappa shape index (κ3) is 4.00. The number of nitro groups is 1. The van der Waals surface area contributed by atoms with E-state index < -0.39 is 20.7 Å². The molecule has 0 fully saturated rings. The predicted octanol–water partition coefficient (Wildman–Crippen LogP) is 2.95. The van der Waals surface area contributed by atoms with Gasteiger partial charge in [-0.15, -0.1) is 5.10 Å². The monoisotopic (exact) mass is 422 g/mol. The lowest BCUT2D eigenvalue weighted by Gasteiger charge is -2.04. The van der Waals surface area contributed by atoms with Crippen molar-refractivity contribution in [3.05, 3.63) is 63.2 Å². The number of rotatable bonds is 5. The van der Waals surface area contributed by atoms with Crippen molar-refractivity contribution in [1.29, 1.82) is 0 Å². The third-order valence-electron chi connectivity index (χ3n) is 3.57. The molecule has 28 heavy (non-hydrogen) atoms. The summed E-state index contributed by atoms with van der Waals surface area (Å²) in [6, 6.07) is 9.06. The summed E-state index contributed by atoms with van der Waals surface area (Å²) >= 11 is 5.92. The quantitative estimate of drug-likeness (QED) is 0.487. The standard InChI is InChI=1S/C16H11ClN4O6S/c1-28(25,26)13-5-3-2-4-10(13)15-19-20-16(27-15)18-14(22)11-8-9(21(23)24)6-7-12(11)17/h2-8H,1H3,(H,18,20,22). The van der Waals surface area contributed by atoms with Crippen LogP contribution >= 0.6 is 11.6 Å². The van der Waals surface area contributed by atoms with Crippen molar-refractivity contribution in [2.24, 2.45) is 0 Å². The Hall–Kier alpha value is -3.31. The Kier molecular flexibility index (Phi) is 5.12. The minimum absolute atomic E-state index is 0.00902. The molecule has 0 saturated carbocycles. The second kappa shape index (κ2) is 7.37. The molecular formula is C16H11ClN4O6S. The lowest BCUT2D eigenvalue weighted by Crippen LogP contribution is -2.13. The first-order valence-electron chi connectivity index (χ1n) is 7.55. The van der Waals surface area contributed by atoms with Gasteiger partial charge in [0.1, 0.15) is 0 Å². The van der Waals surface area contributed by atoms with Crippen LogP contribution in [0.4, 0.5) is 11.7 Å². The first-order valence-corrected chi connectivity index (χ1v) is 9.82. The Bertz CT molecular complexity index is 1190. The second-order valence-electron chi connectivity index (χ2n) is 5.56. The first kappa shape index (κ1) is 19.5. The number of nitrogens with one attached hydrogen (secondary N) is 1. The van der Waals surface area contributed by atoms with Gasteiger partial charge in [-0.2, -0.15) is 0 Å². The van der Waals surface area contributed by atoms with Gasteiger partial charge in [0.25, 0.3) is 17.5 Å². The van der Waals surface area contributed by atoms with Gasteiger partial charge < -0.3 is 4.42 Å². The largest absolute Gasteiger partial charge is 0.403 e. The van der Waals surface area contributed by atoms with Crippen LogP contribution in [0.15, 0.2) is 51.8 Å². The van der Waals surface area contributed by atoms with Gasteiger partial charge in [0.15, 0.2) is 9.84 Å². The van der Waals surface area contributed by atoms with Gasteiger partial charge in [0.2, 0.25) is 0 Å². The average molecular weight is 423 g/mol. The molecule has 10 nitrogen and oxygen atoms in total. The molecule has 144 valence electrons. The molecular weight excluding hydrogens is 412 g/mol. The van der Waals surface area contributed by atoms with Crippen LogP contribution in [-0.2, 0) is 9.84 Å². The number of carbonyl (C=O) groups excluding carboxylic acids is 1. The van der Waals surface area contributed by atoms with Gasteiger partial charge in [-0.25, -0.2) is 8.42 Å². The number of aromatic nitrogens is 2. The number of nitrogens with zero attached hydrogens (tertiary/aromatic N) is 3. The van der Waals surface area contributed by atoms with Crippen LogP contribution in [0.2, 0.25) is 5.02 Å². The van der Waals surface area contributed by atoms with Crippen LogP contribution < -0.4 is 5.32 Å². The highest BCUT2D eigenvalue weighted by molar-refractivity contribution is 7.90. The van der Waals surface area contributed by atoms with E-state index in [2.05, 4.69) is 15.5 Å². The maximum absolute atomic E-state index is 12.3. The number of hydrogen-bond acceptors (Lipinski definition) is 8. The highest BCUT2D eigenvalue weighted by Gasteiger charge is 2.21. The number of carbonyl (C=O) groups is 1. The number of non-ortho nitro benzene ring substituents is 1. The molecule has 0 radical (unpaired) electrons. The predicted molar refractivity (Wildman–Crippen MR) is 98.9 cm³/mol. The molecule has 3 rings (SSSR count). The van der Waals surface area contributed by atoms with Gasteiger partial charge in [0.05, 0.1) is 26.0 Å². The number of anilines is 1. The fraction of sp³-hybridized carbons (Fsp3) is 0.0625. The number of hydrogen-bond donors (Lipinski definition) is 1. The third-order valence-corrected chi connectivity index (χ3v) is 5.05. The molecule has 0 spiro atoms. The van der Waals surface area contributed by atoms with Gasteiger partial charge in [-0.3, -0.25) is 20.2 Å². The average Bonchev–Trinajstić information content (AvgIpc) is 3.09. The molecule has 1 amide bonds. The molecule has 1 aromatic heterocycles. The summed E-state index contributed by atoms with van der Waals surface area (Å²) in [5, 5.41) is 20.5. The molecule has 0 bridgehead atoms.